The van der Waals surface area contributed by atoms with Gasteiger partial charge in [-0.05, 0) is 30.3 Å². The fraction of sp³-hybridized carbons (Fsp3) is 0.286. The first-order chi connectivity index (χ1) is 20.7. The third-order valence-electron chi connectivity index (χ3n) is 6.89. The van der Waals surface area contributed by atoms with Crippen LogP contribution >= 0.6 is 0 Å². The van der Waals surface area contributed by atoms with Gasteiger partial charge in [0.1, 0.15) is 23.6 Å². The molecule has 1 saturated heterocycles. The molecular weight excluding hydrogens is 579 g/mol. The molecule has 1 N–H and O–H groups in total. The number of hydrogen-bond acceptors (Lipinski definition) is 9. The van der Waals surface area contributed by atoms with Crippen LogP contribution in [0.1, 0.15) is 22.7 Å². The predicted molar refractivity (Wildman–Crippen MR) is 141 cm³/mol. The maximum atomic E-state index is 14.2. The van der Waals surface area contributed by atoms with Crippen LogP contribution < -0.4 is 4.74 Å². The van der Waals surface area contributed by atoms with E-state index in [0.29, 0.717) is 17.9 Å². The lowest BCUT2D eigenvalue weighted by atomic mass is 10.0. The number of ether oxygens (including phenoxy) is 2. The molecule has 43 heavy (non-hydrogen) atoms. The van der Waals surface area contributed by atoms with E-state index in [1.165, 1.54) is 36.5 Å². The monoisotopic (exact) mass is 602 g/mol. The topological polar surface area (TPSA) is 109 Å². The summed E-state index contributed by atoms with van der Waals surface area (Å²) in [5.41, 5.74) is -0.220. The maximum Gasteiger partial charge on any atom is 0.417 e. The molecule has 1 atom stereocenters. The predicted octanol–water partition coefficient (Wildman–Crippen LogP) is 4.61. The number of aldehydes is 1. The molecule has 1 unspecified atom stereocenters. The standard InChI is InChI=1S/C28H23F5N6O4/c29-21-3-1-2-19(26(21)30)27-35-23-12-34-39(14-24(23)36-27)13-17-11-22(37-43-17)18-5-4-16(10-20(18)28(31,32)33)42-25-15-38(6-8-40)7-9-41-25/h1-5,8,10-12,25H,6-7,9,13-15H2,(H,35,36). The normalized spacial score (nSPS) is 17.2. The molecule has 0 bridgehead atoms. The molecule has 224 valence electrons. The highest BCUT2D eigenvalue weighted by molar-refractivity contribution is 5.80. The fourth-order valence-corrected chi connectivity index (χ4v) is 4.83. The molecule has 0 radical (unpaired) electrons. The van der Waals surface area contributed by atoms with Crippen LogP contribution in [0, 0.1) is 11.6 Å². The van der Waals surface area contributed by atoms with Gasteiger partial charge in [0.15, 0.2) is 17.4 Å². The molecular formula is C28H23F5N6O4. The number of halogens is 5. The third kappa shape index (κ3) is 6.12. The summed E-state index contributed by atoms with van der Waals surface area (Å²) in [5, 5.41) is 9.68. The van der Waals surface area contributed by atoms with E-state index in [9.17, 15) is 26.7 Å². The van der Waals surface area contributed by atoms with Gasteiger partial charge in [0.25, 0.3) is 0 Å². The van der Waals surface area contributed by atoms with Gasteiger partial charge >= 0.3 is 6.18 Å². The van der Waals surface area contributed by atoms with Crippen molar-refractivity contribution in [2.75, 3.05) is 26.2 Å². The number of H-pyrrole nitrogens is 1. The summed E-state index contributed by atoms with van der Waals surface area (Å²) in [4.78, 5) is 19.9. The largest absolute Gasteiger partial charge is 0.464 e. The minimum absolute atomic E-state index is 0.0303. The molecule has 4 aromatic rings. The summed E-state index contributed by atoms with van der Waals surface area (Å²) in [6.07, 6.45) is -3.36. The Hall–Kier alpha value is -4.63. The van der Waals surface area contributed by atoms with Gasteiger partial charge < -0.3 is 23.8 Å². The van der Waals surface area contributed by atoms with Crippen molar-refractivity contribution >= 4 is 12.5 Å². The van der Waals surface area contributed by atoms with Gasteiger partial charge in [-0.15, -0.1) is 0 Å². The van der Waals surface area contributed by atoms with Crippen molar-refractivity contribution in [2.45, 2.75) is 25.6 Å². The molecule has 0 saturated carbocycles. The van der Waals surface area contributed by atoms with E-state index in [4.69, 9.17) is 14.0 Å². The molecule has 4 heterocycles. The minimum Gasteiger partial charge on any atom is -0.464 e. The Labute approximate surface area is 240 Å². The zero-order chi connectivity index (χ0) is 30.1. The van der Waals surface area contributed by atoms with Crippen LogP contribution in [0.3, 0.4) is 0 Å². The second-order valence-corrected chi connectivity index (χ2v) is 9.84. The number of morpholine rings is 1. The number of hydrogen-bond donors (Lipinski definition) is 1. The zero-order valence-corrected chi connectivity index (χ0v) is 22.3. The number of carbonyl (C=O) groups excluding carboxylic acids is 1. The number of aromatic nitrogens is 3. The first-order valence-corrected chi connectivity index (χ1v) is 13.1. The van der Waals surface area contributed by atoms with Gasteiger partial charge in [-0.3, -0.25) is 9.91 Å². The molecule has 15 heteroatoms. The number of nitrogens with one attached hydrogen (secondary N) is 1. The van der Waals surface area contributed by atoms with Crippen molar-refractivity contribution in [3.05, 3.63) is 76.8 Å². The van der Waals surface area contributed by atoms with Crippen molar-refractivity contribution in [1.82, 2.24) is 25.0 Å². The highest BCUT2D eigenvalue weighted by Gasteiger charge is 2.35. The number of nitrogens with zero attached hydrogens (tertiary/aromatic N) is 5. The lowest BCUT2D eigenvalue weighted by molar-refractivity contribution is -0.140. The molecule has 6 rings (SSSR count). The molecule has 10 nitrogen and oxygen atoms in total. The summed E-state index contributed by atoms with van der Waals surface area (Å²) in [7, 11) is 0. The van der Waals surface area contributed by atoms with Crippen LogP contribution in [-0.4, -0.2) is 70.1 Å². The Balaban J connectivity index is 1.16. The average Bonchev–Trinajstić information content (AvgIpc) is 3.61. The van der Waals surface area contributed by atoms with Crippen LogP contribution in [0.4, 0.5) is 22.0 Å². The van der Waals surface area contributed by atoms with Gasteiger partial charge in [0, 0.05) is 18.2 Å². The smallest absolute Gasteiger partial charge is 0.417 e. The van der Waals surface area contributed by atoms with Gasteiger partial charge in [-0.1, -0.05) is 11.2 Å². The lowest BCUT2D eigenvalue weighted by Crippen LogP contribution is -2.45. The lowest BCUT2D eigenvalue weighted by Gasteiger charge is -2.31. The van der Waals surface area contributed by atoms with Gasteiger partial charge in [-0.2, -0.15) is 18.3 Å². The third-order valence-corrected chi connectivity index (χ3v) is 6.89. The maximum absolute atomic E-state index is 14.2. The fourth-order valence-electron chi connectivity index (χ4n) is 4.83. The van der Waals surface area contributed by atoms with Crippen molar-refractivity contribution in [3.8, 4) is 28.4 Å². The molecule has 2 aromatic carbocycles. The molecule has 2 aliphatic heterocycles. The highest BCUT2D eigenvalue weighted by Crippen LogP contribution is 2.39. The Kier molecular flexibility index (Phi) is 7.66. The van der Waals surface area contributed by atoms with Crippen molar-refractivity contribution in [3.63, 3.8) is 0 Å². The number of hydrazone groups is 1. The number of alkyl halides is 3. The van der Waals surface area contributed by atoms with Gasteiger partial charge in [-0.25, -0.2) is 13.8 Å². The summed E-state index contributed by atoms with van der Waals surface area (Å²) in [5.74, 6) is -1.70. The second kappa shape index (κ2) is 11.6. The van der Waals surface area contributed by atoms with Crippen molar-refractivity contribution in [1.29, 1.82) is 0 Å². The van der Waals surface area contributed by atoms with E-state index in [-0.39, 0.29) is 66.9 Å². The summed E-state index contributed by atoms with van der Waals surface area (Å²) in [6.45, 7) is 1.42. The van der Waals surface area contributed by atoms with Gasteiger partial charge in [0.05, 0.1) is 61.5 Å². The Morgan fingerprint density at radius 3 is 2.81 bits per heavy atom. The van der Waals surface area contributed by atoms with Crippen LogP contribution in [-0.2, 0) is 28.8 Å². The van der Waals surface area contributed by atoms with E-state index in [2.05, 4.69) is 20.2 Å². The quantitative estimate of drug-likeness (QED) is 0.230. The number of rotatable bonds is 8. The zero-order valence-electron chi connectivity index (χ0n) is 22.3. The first-order valence-electron chi connectivity index (χ1n) is 13.1. The van der Waals surface area contributed by atoms with Gasteiger partial charge in [0.2, 0.25) is 6.29 Å². The highest BCUT2D eigenvalue weighted by atomic mass is 19.4. The van der Waals surface area contributed by atoms with Crippen LogP contribution in [0.2, 0.25) is 0 Å². The molecule has 0 aliphatic carbocycles. The summed E-state index contributed by atoms with van der Waals surface area (Å²) < 4.78 is 86.6. The van der Waals surface area contributed by atoms with Crippen molar-refractivity contribution in [2.24, 2.45) is 5.10 Å². The number of benzene rings is 2. The van der Waals surface area contributed by atoms with E-state index < -0.39 is 29.7 Å². The molecule has 2 aromatic heterocycles. The minimum atomic E-state index is -4.73. The number of aromatic amines is 1. The van der Waals surface area contributed by atoms with E-state index >= 15 is 0 Å². The Bertz CT molecular complexity index is 1670. The average molecular weight is 603 g/mol. The number of carbonyl (C=O) groups is 1. The van der Waals surface area contributed by atoms with Crippen LogP contribution in [0.15, 0.2) is 52.1 Å². The summed E-state index contributed by atoms with van der Waals surface area (Å²) >= 11 is 0. The second-order valence-electron chi connectivity index (χ2n) is 9.84. The van der Waals surface area contributed by atoms with Crippen molar-refractivity contribution < 1.29 is 40.7 Å². The molecule has 2 aliphatic rings. The van der Waals surface area contributed by atoms with E-state index in [1.54, 1.807) is 9.91 Å². The van der Waals surface area contributed by atoms with Crippen LogP contribution in [0.5, 0.6) is 5.75 Å². The Morgan fingerprint density at radius 2 is 2.00 bits per heavy atom. The SMILES string of the molecule is O=CCN1CCOC(Oc2ccc(-c3cc(CN4Cc5nc(-c6cccc(F)c6F)[nH]c5C=N4)on3)c(C(F)(F)F)c2)C1. The first kappa shape index (κ1) is 28.5. The summed E-state index contributed by atoms with van der Waals surface area (Å²) in [6, 6.07) is 8.66. The Morgan fingerprint density at radius 1 is 1.14 bits per heavy atom. The number of imidazole rings is 1. The van der Waals surface area contributed by atoms with E-state index in [0.717, 1.165) is 18.4 Å². The molecule has 1 fully saturated rings. The molecule has 0 spiro atoms. The number of fused-ring (bicyclic) bond motifs is 1. The van der Waals surface area contributed by atoms with E-state index in [1.807, 2.05) is 0 Å². The van der Waals surface area contributed by atoms with Crippen LogP contribution in [0.25, 0.3) is 22.6 Å². The molecule has 0 amide bonds.